The Morgan fingerprint density at radius 1 is 0.500 bits per heavy atom. The standard InChI is InChI=1S/C30H58N2/c1-25-9-5-7-21-31(25,3)23-19-27-11-15-29(16-12-27)30-17-13-28(14-18-30)20-24-32(4)22-8-6-10-26(32)2/h25-30H,5-24H2,1-4H3/q+2. The Morgan fingerprint density at radius 2 is 0.875 bits per heavy atom. The lowest BCUT2D eigenvalue weighted by molar-refractivity contribution is -0.936. The van der Waals surface area contributed by atoms with E-state index in [2.05, 4.69) is 27.9 Å². The molecule has 0 N–H and O–H groups in total. The summed E-state index contributed by atoms with van der Waals surface area (Å²) >= 11 is 0. The van der Waals surface area contributed by atoms with Crippen LogP contribution in [0.5, 0.6) is 0 Å². The molecule has 0 radical (unpaired) electrons. The van der Waals surface area contributed by atoms with Crippen molar-refractivity contribution in [2.75, 3.05) is 40.3 Å². The van der Waals surface area contributed by atoms with Crippen LogP contribution in [0.25, 0.3) is 0 Å². The topological polar surface area (TPSA) is 0 Å². The molecule has 2 saturated heterocycles. The summed E-state index contributed by atoms with van der Waals surface area (Å²) in [6, 6.07) is 1.80. The molecule has 0 aromatic carbocycles. The summed E-state index contributed by atoms with van der Waals surface area (Å²) in [5, 5.41) is 0. The Bertz CT molecular complexity index is 509. The lowest BCUT2D eigenvalue weighted by Gasteiger charge is -2.45. The third-order valence-corrected chi connectivity index (χ3v) is 11.8. The molecule has 2 nitrogen and oxygen atoms in total. The van der Waals surface area contributed by atoms with Crippen molar-refractivity contribution in [3.63, 3.8) is 0 Å². The highest BCUT2D eigenvalue weighted by Gasteiger charge is 2.36. The van der Waals surface area contributed by atoms with E-state index in [0.717, 1.165) is 35.8 Å². The van der Waals surface area contributed by atoms with Gasteiger partial charge in [0.15, 0.2) is 0 Å². The van der Waals surface area contributed by atoms with Gasteiger partial charge in [-0.15, -0.1) is 0 Å². The van der Waals surface area contributed by atoms with Crippen LogP contribution in [-0.4, -0.2) is 61.3 Å². The Kier molecular flexibility index (Phi) is 8.69. The predicted molar refractivity (Wildman–Crippen MR) is 139 cm³/mol. The van der Waals surface area contributed by atoms with E-state index in [4.69, 9.17) is 0 Å². The fourth-order valence-electron chi connectivity index (χ4n) is 8.41. The first-order chi connectivity index (χ1) is 15.4. The summed E-state index contributed by atoms with van der Waals surface area (Å²) in [7, 11) is 5.12. The zero-order chi connectivity index (χ0) is 22.6. The molecular formula is C30H58N2+2. The normalized spacial score (nSPS) is 46.1. The maximum Gasteiger partial charge on any atom is 0.0859 e. The van der Waals surface area contributed by atoms with Crippen molar-refractivity contribution in [3.05, 3.63) is 0 Å². The predicted octanol–water partition coefficient (Wildman–Crippen LogP) is 7.42. The summed E-state index contributed by atoms with van der Waals surface area (Å²) in [6.45, 7) is 10.8. The van der Waals surface area contributed by atoms with Crippen LogP contribution in [0.15, 0.2) is 0 Å². The summed E-state index contributed by atoms with van der Waals surface area (Å²) in [5.41, 5.74) is 0. The minimum absolute atomic E-state index is 0.901. The number of piperidine rings is 2. The molecule has 32 heavy (non-hydrogen) atoms. The second kappa shape index (κ2) is 11.1. The van der Waals surface area contributed by atoms with Gasteiger partial charge in [-0.05, 0) is 140 Å². The Labute approximate surface area is 201 Å². The SMILES string of the molecule is CC1CCCC[N+]1(C)CCC1CCC(C2CCC(CC[N+]3(C)CCCCC3C)CC2)CC1. The molecular weight excluding hydrogens is 388 g/mol. The van der Waals surface area contributed by atoms with E-state index in [1.54, 1.807) is 51.4 Å². The number of rotatable bonds is 7. The van der Waals surface area contributed by atoms with Gasteiger partial charge in [-0.3, -0.25) is 0 Å². The van der Waals surface area contributed by atoms with Crippen LogP contribution in [0.2, 0.25) is 0 Å². The van der Waals surface area contributed by atoms with Gasteiger partial charge >= 0.3 is 0 Å². The van der Waals surface area contributed by atoms with E-state index in [0.29, 0.717) is 0 Å². The Balaban J connectivity index is 1.13. The van der Waals surface area contributed by atoms with E-state index in [9.17, 15) is 0 Å². The fraction of sp³-hybridized carbons (Fsp3) is 1.00. The zero-order valence-electron chi connectivity index (χ0n) is 22.5. The smallest absolute Gasteiger partial charge is 0.0859 e. The van der Waals surface area contributed by atoms with E-state index in [1.807, 2.05) is 0 Å². The molecule has 2 heteroatoms. The van der Waals surface area contributed by atoms with Gasteiger partial charge in [0.05, 0.1) is 52.4 Å². The minimum Gasteiger partial charge on any atom is -0.324 e. The molecule has 4 rings (SSSR count). The molecule has 4 atom stereocenters. The van der Waals surface area contributed by atoms with Crippen molar-refractivity contribution in [1.29, 1.82) is 0 Å². The van der Waals surface area contributed by atoms with E-state index in [1.165, 1.54) is 86.5 Å². The molecule has 4 fully saturated rings. The van der Waals surface area contributed by atoms with Gasteiger partial charge in [0.2, 0.25) is 0 Å². The van der Waals surface area contributed by atoms with E-state index < -0.39 is 0 Å². The van der Waals surface area contributed by atoms with Crippen LogP contribution in [0.4, 0.5) is 0 Å². The lowest BCUT2D eigenvalue weighted by atomic mass is 9.68. The monoisotopic (exact) mass is 446 g/mol. The summed E-state index contributed by atoms with van der Waals surface area (Å²) < 4.78 is 2.75. The Morgan fingerprint density at radius 3 is 1.22 bits per heavy atom. The van der Waals surface area contributed by atoms with Gasteiger partial charge in [-0.2, -0.15) is 0 Å². The van der Waals surface area contributed by atoms with Gasteiger partial charge in [0.25, 0.3) is 0 Å². The third kappa shape index (κ3) is 6.12. The van der Waals surface area contributed by atoms with Crippen LogP contribution < -0.4 is 0 Å². The molecule has 186 valence electrons. The zero-order valence-corrected chi connectivity index (χ0v) is 22.5. The van der Waals surface area contributed by atoms with Gasteiger partial charge in [-0.25, -0.2) is 0 Å². The quantitative estimate of drug-likeness (QED) is 0.357. The number of nitrogens with zero attached hydrogens (tertiary/aromatic N) is 2. The van der Waals surface area contributed by atoms with Crippen molar-refractivity contribution in [3.8, 4) is 0 Å². The average Bonchev–Trinajstić information content (AvgIpc) is 2.81. The Hall–Kier alpha value is -0.0800. The van der Waals surface area contributed by atoms with Crippen molar-refractivity contribution in [1.82, 2.24) is 0 Å². The first-order valence-electron chi connectivity index (χ1n) is 15.1. The molecule has 0 aromatic rings. The van der Waals surface area contributed by atoms with Crippen molar-refractivity contribution < 1.29 is 8.97 Å². The molecule has 2 aliphatic carbocycles. The highest BCUT2D eigenvalue weighted by atomic mass is 15.4. The number of quaternary nitrogens is 2. The maximum absolute atomic E-state index is 2.56. The van der Waals surface area contributed by atoms with Crippen LogP contribution in [0, 0.1) is 23.7 Å². The molecule has 0 spiro atoms. The molecule has 2 heterocycles. The average molecular weight is 447 g/mol. The van der Waals surface area contributed by atoms with Crippen LogP contribution >= 0.6 is 0 Å². The molecule has 0 aromatic heterocycles. The highest BCUT2D eigenvalue weighted by Crippen LogP contribution is 2.43. The molecule has 2 aliphatic heterocycles. The van der Waals surface area contributed by atoms with Crippen molar-refractivity contribution in [2.45, 2.75) is 129 Å². The first kappa shape index (κ1) is 25.0. The van der Waals surface area contributed by atoms with Crippen LogP contribution in [-0.2, 0) is 0 Å². The lowest BCUT2D eigenvalue weighted by Crippen LogP contribution is -2.54. The van der Waals surface area contributed by atoms with Crippen LogP contribution in [0.3, 0.4) is 0 Å². The molecule has 0 bridgehead atoms. The number of hydrogen-bond donors (Lipinski definition) is 0. The number of hydrogen-bond acceptors (Lipinski definition) is 0. The van der Waals surface area contributed by atoms with Crippen LogP contribution in [0.1, 0.15) is 117 Å². The van der Waals surface area contributed by atoms with E-state index >= 15 is 0 Å². The second-order valence-corrected chi connectivity index (χ2v) is 13.7. The largest absolute Gasteiger partial charge is 0.324 e. The maximum atomic E-state index is 2.56. The van der Waals surface area contributed by atoms with Gasteiger partial charge in [0.1, 0.15) is 0 Å². The van der Waals surface area contributed by atoms with Gasteiger partial charge in [-0.1, -0.05) is 0 Å². The number of likely N-dealkylation sites (tertiary alicyclic amines) is 2. The fourth-order valence-corrected chi connectivity index (χ4v) is 8.41. The summed E-state index contributed by atoms with van der Waals surface area (Å²) in [5.74, 6) is 4.25. The molecule has 4 aliphatic rings. The van der Waals surface area contributed by atoms with Gasteiger partial charge < -0.3 is 8.97 Å². The first-order valence-corrected chi connectivity index (χ1v) is 15.1. The van der Waals surface area contributed by atoms with Gasteiger partial charge in [0, 0.05) is 0 Å². The second-order valence-electron chi connectivity index (χ2n) is 13.7. The van der Waals surface area contributed by atoms with Crippen molar-refractivity contribution >= 4 is 0 Å². The molecule has 0 amide bonds. The minimum atomic E-state index is 0.901. The summed E-state index contributed by atoms with van der Waals surface area (Å²) in [6.07, 6.45) is 24.3. The molecule has 4 unspecified atom stereocenters. The molecule has 2 saturated carbocycles. The van der Waals surface area contributed by atoms with E-state index in [-0.39, 0.29) is 0 Å². The highest BCUT2D eigenvalue weighted by molar-refractivity contribution is 4.82. The van der Waals surface area contributed by atoms with Crippen molar-refractivity contribution in [2.24, 2.45) is 23.7 Å². The summed E-state index contributed by atoms with van der Waals surface area (Å²) in [4.78, 5) is 0. The third-order valence-electron chi connectivity index (χ3n) is 11.8.